The Kier molecular flexibility index (Phi) is 9.83. The van der Waals surface area contributed by atoms with E-state index < -0.39 is 16.1 Å². The van der Waals surface area contributed by atoms with Crippen molar-refractivity contribution in [2.75, 3.05) is 23.9 Å². The molecule has 1 N–H and O–H groups in total. The van der Waals surface area contributed by atoms with Crippen molar-refractivity contribution in [2.45, 2.75) is 58.7 Å². The van der Waals surface area contributed by atoms with E-state index in [2.05, 4.69) is 21.2 Å². The van der Waals surface area contributed by atoms with Crippen LogP contribution >= 0.6 is 15.9 Å². The third-order valence-corrected chi connectivity index (χ3v) is 7.89. The summed E-state index contributed by atoms with van der Waals surface area (Å²) in [6.45, 7) is 6.05. The highest BCUT2D eigenvalue weighted by molar-refractivity contribution is 9.10. The SMILES string of the molecule is CC[C@H](C)NC(=O)[C@@H](C)N(Cc1cccc(Br)c1)C(=O)CCCN(c1ccc2c(c1)OCO2)S(C)(=O)=O. The van der Waals surface area contributed by atoms with Crippen LogP contribution in [0.3, 0.4) is 0 Å². The van der Waals surface area contributed by atoms with E-state index in [-0.39, 0.29) is 50.6 Å². The van der Waals surface area contributed by atoms with Gasteiger partial charge >= 0.3 is 0 Å². The molecule has 202 valence electrons. The maximum absolute atomic E-state index is 13.4. The molecule has 0 spiro atoms. The van der Waals surface area contributed by atoms with Crippen LogP contribution in [0.5, 0.6) is 11.5 Å². The van der Waals surface area contributed by atoms with Crippen molar-refractivity contribution in [1.29, 1.82) is 0 Å². The molecule has 0 unspecified atom stereocenters. The predicted molar refractivity (Wildman–Crippen MR) is 146 cm³/mol. The van der Waals surface area contributed by atoms with Crippen LogP contribution in [0.15, 0.2) is 46.9 Å². The zero-order valence-electron chi connectivity index (χ0n) is 21.6. The first-order valence-corrected chi connectivity index (χ1v) is 14.9. The van der Waals surface area contributed by atoms with E-state index in [0.717, 1.165) is 22.7 Å². The van der Waals surface area contributed by atoms with Gasteiger partial charge in [-0.3, -0.25) is 13.9 Å². The zero-order chi connectivity index (χ0) is 27.2. The van der Waals surface area contributed by atoms with Crippen molar-refractivity contribution in [3.05, 3.63) is 52.5 Å². The van der Waals surface area contributed by atoms with Crippen LogP contribution in [0.2, 0.25) is 0 Å². The van der Waals surface area contributed by atoms with Gasteiger partial charge in [-0.05, 0) is 56.5 Å². The van der Waals surface area contributed by atoms with Gasteiger partial charge in [0.2, 0.25) is 28.6 Å². The van der Waals surface area contributed by atoms with Gasteiger partial charge in [-0.15, -0.1) is 0 Å². The van der Waals surface area contributed by atoms with E-state index in [1.807, 2.05) is 38.1 Å². The minimum absolute atomic E-state index is 0.0113. The standard InChI is InChI=1S/C26H34BrN3O6S/c1-5-18(2)28-26(32)19(3)29(16-20-8-6-9-21(27)14-20)25(31)10-7-13-30(37(4,33)34)22-11-12-23-24(15-22)36-17-35-23/h6,8-9,11-12,14-15,18-19H,5,7,10,13,16-17H2,1-4H3,(H,28,32)/t18-,19+/m0/s1. The Morgan fingerprint density at radius 2 is 1.84 bits per heavy atom. The fraction of sp³-hybridized carbons (Fsp3) is 0.462. The fourth-order valence-electron chi connectivity index (χ4n) is 3.92. The van der Waals surface area contributed by atoms with E-state index in [1.54, 1.807) is 30.0 Å². The second-order valence-corrected chi connectivity index (χ2v) is 11.9. The van der Waals surface area contributed by atoms with Gasteiger partial charge in [-0.2, -0.15) is 0 Å². The van der Waals surface area contributed by atoms with Gasteiger partial charge in [0.25, 0.3) is 0 Å². The molecule has 0 bridgehead atoms. The average Bonchev–Trinajstić information content (AvgIpc) is 3.31. The lowest BCUT2D eigenvalue weighted by Crippen LogP contribution is -2.49. The topological polar surface area (TPSA) is 105 Å². The average molecular weight is 597 g/mol. The van der Waals surface area contributed by atoms with Crippen LogP contribution in [0.25, 0.3) is 0 Å². The molecule has 2 aromatic rings. The smallest absolute Gasteiger partial charge is 0.242 e. The molecule has 3 rings (SSSR count). The number of carbonyl (C=O) groups is 2. The highest BCUT2D eigenvalue weighted by Crippen LogP contribution is 2.36. The number of ether oxygens (including phenoxy) is 2. The number of amides is 2. The fourth-order valence-corrected chi connectivity index (χ4v) is 5.33. The minimum atomic E-state index is -3.61. The van der Waals surface area contributed by atoms with E-state index in [9.17, 15) is 18.0 Å². The second-order valence-electron chi connectivity index (χ2n) is 9.12. The van der Waals surface area contributed by atoms with Gasteiger partial charge in [-0.25, -0.2) is 8.42 Å². The third kappa shape index (κ3) is 7.85. The van der Waals surface area contributed by atoms with Crippen molar-refractivity contribution in [3.63, 3.8) is 0 Å². The van der Waals surface area contributed by atoms with Crippen molar-refractivity contribution < 1.29 is 27.5 Å². The number of hydrogen-bond donors (Lipinski definition) is 1. The number of sulfonamides is 1. The molecule has 2 aromatic carbocycles. The van der Waals surface area contributed by atoms with Gasteiger partial charge in [0.1, 0.15) is 6.04 Å². The molecule has 0 radical (unpaired) electrons. The summed E-state index contributed by atoms with van der Waals surface area (Å²) in [5, 5.41) is 2.95. The Morgan fingerprint density at radius 1 is 1.11 bits per heavy atom. The monoisotopic (exact) mass is 595 g/mol. The Labute approximate surface area is 227 Å². The molecular formula is C26H34BrN3O6S. The molecule has 37 heavy (non-hydrogen) atoms. The first kappa shape index (κ1) is 28.8. The summed E-state index contributed by atoms with van der Waals surface area (Å²) in [4.78, 5) is 27.8. The van der Waals surface area contributed by atoms with Crippen LogP contribution < -0.4 is 19.1 Å². The molecule has 0 aromatic heterocycles. The predicted octanol–water partition coefficient (Wildman–Crippen LogP) is 4.06. The van der Waals surface area contributed by atoms with E-state index in [1.165, 1.54) is 4.31 Å². The van der Waals surface area contributed by atoms with Crippen LogP contribution in [-0.4, -0.2) is 56.8 Å². The Morgan fingerprint density at radius 3 is 2.51 bits per heavy atom. The molecule has 9 nitrogen and oxygen atoms in total. The van der Waals surface area contributed by atoms with Crippen molar-refractivity contribution in [1.82, 2.24) is 10.2 Å². The molecule has 0 saturated carbocycles. The minimum Gasteiger partial charge on any atom is -0.454 e. The summed E-state index contributed by atoms with van der Waals surface area (Å²) in [6.07, 6.45) is 2.25. The van der Waals surface area contributed by atoms with Crippen molar-refractivity contribution in [2.24, 2.45) is 0 Å². The third-order valence-electron chi connectivity index (χ3n) is 6.21. The molecule has 0 fully saturated rings. The summed E-state index contributed by atoms with van der Waals surface area (Å²) in [5.41, 5.74) is 1.32. The molecule has 1 aliphatic heterocycles. The normalized spacial score (nSPS) is 14.1. The van der Waals surface area contributed by atoms with E-state index in [4.69, 9.17) is 9.47 Å². The lowest BCUT2D eigenvalue weighted by molar-refractivity contribution is -0.140. The summed E-state index contributed by atoms with van der Waals surface area (Å²) in [5.74, 6) is 0.575. The lowest BCUT2D eigenvalue weighted by atomic mass is 10.1. The molecule has 11 heteroatoms. The largest absolute Gasteiger partial charge is 0.454 e. The van der Waals surface area contributed by atoms with Crippen LogP contribution in [-0.2, 0) is 26.2 Å². The first-order chi connectivity index (χ1) is 17.5. The highest BCUT2D eigenvalue weighted by Gasteiger charge is 2.27. The lowest BCUT2D eigenvalue weighted by Gasteiger charge is -2.30. The number of nitrogens with zero attached hydrogens (tertiary/aromatic N) is 2. The molecule has 0 aliphatic carbocycles. The summed E-state index contributed by atoms with van der Waals surface area (Å²) in [6, 6.07) is 11.8. The van der Waals surface area contributed by atoms with Crippen molar-refractivity contribution in [3.8, 4) is 11.5 Å². The number of carbonyl (C=O) groups excluding carboxylic acids is 2. The molecule has 2 amide bonds. The summed E-state index contributed by atoms with van der Waals surface area (Å²) < 4.78 is 37.9. The van der Waals surface area contributed by atoms with Gasteiger partial charge in [-0.1, -0.05) is 35.0 Å². The van der Waals surface area contributed by atoms with Gasteiger partial charge in [0.05, 0.1) is 11.9 Å². The van der Waals surface area contributed by atoms with Gasteiger partial charge in [0.15, 0.2) is 11.5 Å². The Bertz CT molecular complexity index is 1220. The van der Waals surface area contributed by atoms with E-state index in [0.29, 0.717) is 17.2 Å². The zero-order valence-corrected chi connectivity index (χ0v) is 24.0. The number of halogens is 1. The second kappa shape index (κ2) is 12.6. The van der Waals surface area contributed by atoms with Crippen LogP contribution in [0.1, 0.15) is 45.6 Å². The summed E-state index contributed by atoms with van der Waals surface area (Å²) in [7, 11) is -3.61. The number of anilines is 1. The molecule has 2 atom stereocenters. The van der Waals surface area contributed by atoms with E-state index >= 15 is 0 Å². The number of rotatable bonds is 12. The quantitative estimate of drug-likeness (QED) is 0.397. The van der Waals surface area contributed by atoms with Crippen molar-refractivity contribution >= 4 is 43.5 Å². The number of hydrogen-bond acceptors (Lipinski definition) is 6. The molecular weight excluding hydrogens is 562 g/mol. The maximum Gasteiger partial charge on any atom is 0.242 e. The van der Waals surface area contributed by atoms with Gasteiger partial charge in [0, 0.05) is 36.1 Å². The Hall–Kier alpha value is -2.79. The number of fused-ring (bicyclic) bond motifs is 1. The van der Waals surface area contributed by atoms with Gasteiger partial charge < -0.3 is 19.7 Å². The summed E-state index contributed by atoms with van der Waals surface area (Å²) >= 11 is 3.45. The first-order valence-electron chi connectivity index (χ1n) is 12.2. The molecule has 1 heterocycles. The molecule has 1 aliphatic rings. The highest BCUT2D eigenvalue weighted by atomic mass is 79.9. The number of benzene rings is 2. The van der Waals surface area contributed by atoms with Crippen LogP contribution in [0, 0.1) is 0 Å². The van der Waals surface area contributed by atoms with Crippen LogP contribution in [0.4, 0.5) is 5.69 Å². The number of nitrogens with one attached hydrogen (secondary N) is 1. The molecule has 0 saturated heterocycles. The Balaban J connectivity index is 1.73. The maximum atomic E-state index is 13.4.